The lowest BCUT2D eigenvalue weighted by molar-refractivity contribution is -0.384. The number of rotatable bonds is 18. The van der Waals surface area contributed by atoms with E-state index < -0.39 is 45.6 Å². The summed E-state index contributed by atoms with van der Waals surface area (Å²) in [6.45, 7) is 20.3. The summed E-state index contributed by atoms with van der Waals surface area (Å²) in [7, 11) is -4.35. The molecule has 496 valence electrons. The van der Waals surface area contributed by atoms with Crippen molar-refractivity contribution in [2.75, 3.05) is 126 Å². The lowest BCUT2D eigenvalue weighted by Gasteiger charge is -2.58. The van der Waals surface area contributed by atoms with Gasteiger partial charge in [0.05, 0.1) is 60.1 Å². The fraction of sp³-hybridized carbons (Fsp3) is 0.544. The van der Waals surface area contributed by atoms with Crippen LogP contribution in [0.4, 0.5) is 34.3 Å². The molecule has 1 aliphatic carbocycles. The Balaban J connectivity index is 0.730. The molecule has 6 fully saturated rings. The number of morpholine rings is 1. The van der Waals surface area contributed by atoms with E-state index >= 15 is 4.79 Å². The van der Waals surface area contributed by atoms with Gasteiger partial charge < -0.3 is 57.7 Å². The van der Waals surface area contributed by atoms with Gasteiger partial charge in [-0.1, -0.05) is 43.9 Å². The number of hydrogen-bond acceptors (Lipinski definition) is 20. The Kier molecular flexibility index (Phi) is 17.9. The van der Waals surface area contributed by atoms with E-state index in [1.807, 2.05) is 41.2 Å². The number of anilines is 5. The highest BCUT2D eigenvalue weighted by Gasteiger charge is 2.51. The second kappa shape index (κ2) is 26.2. The van der Waals surface area contributed by atoms with Gasteiger partial charge in [-0.25, -0.2) is 18.1 Å². The SMILES string of the molecule is COc1cc(CN2CCN(C3CC4(CCN(c5ccc(C(=O)NS(=O)(=O)c6cc7c(c([N+](=O)[O-])c6)N[C@H](C6CCOCC6)CO7)c(N6c7cc8ccn(COCC[Si](C)(C)C)c8nc7O[C@H]7COCC[C@@H]76)c5)CC4)C3)[C@H](c3ccccc3C)C2)cnc1N1CCOCC1. The third-order valence-electron chi connectivity index (χ3n) is 20.8. The number of methoxy groups -OCH3 is 1. The highest BCUT2D eigenvalue weighted by Crippen LogP contribution is 2.54. The smallest absolute Gasteiger partial charge is 0.297 e. The minimum Gasteiger partial charge on any atom is -0.493 e. The summed E-state index contributed by atoms with van der Waals surface area (Å²) in [5.41, 5.74) is 6.42. The Morgan fingerprint density at radius 2 is 1.67 bits per heavy atom. The second-order valence-corrected chi connectivity index (χ2v) is 35.2. The predicted molar refractivity (Wildman–Crippen MR) is 357 cm³/mol. The van der Waals surface area contributed by atoms with Gasteiger partial charge in [0.15, 0.2) is 23.0 Å². The van der Waals surface area contributed by atoms with Gasteiger partial charge >= 0.3 is 0 Å². The van der Waals surface area contributed by atoms with Crippen LogP contribution in [-0.2, 0) is 42.2 Å². The third-order valence-corrected chi connectivity index (χ3v) is 23.8. The number of nitro benzene ring substituents is 1. The Morgan fingerprint density at radius 3 is 2.44 bits per heavy atom. The van der Waals surface area contributed by atoms with Crippen molar-refractivity contribution in [3.8, 4) is 17.4 Å². The van der Waals surface area contributed by atoms with Crippen LogP contribution in [0.15, 0.2) is 90.1 Å². The summed E-state index contributed by atoms with van der Waals surface area (Å²) in [5, 5.41) is 16.9. The molecule has 4 atom stereocenters. The first-order valence-electron chi connectivity index (χ1n) is 33.2. The molecule has 10 heterocycles. The van der Waals surface area contributed by atoms with Crippen LogP contribution in [0.1, 0.15) is 78.0 Å². The van der Waals surface area contributed by atoms with Crippen molar-refractivity contribution in [2.45, 2.75) is 126 Å². The molecule has 3 aromatic heterocycles. The third kappa shape index (κ3) is 13.1. The quantitative estimate of drug-likeness (QED) is 0.0353. The average molecular weight is 1310 g/mol. The molecule has 25 heteroatoms. The Hall–Kier alpha value is -7.10. The van der Waals surface area contributed by atoms with Crippen LogP contribution in [-0.4, -0.2) is 182 Å². The molecule has 23 nitrogen and oxygen atoms in total. The minimum atomic E-state index is -4.75. The topological polar surface area (TPSA) is 230 Å². The predicted octanol–water partition coefficient (Wildman–Crippen LogP) is 9.52. The number of aryl methyl sites for hydroxylation is 1. The Bertz CT molecular complexity index is 3860. The highest BCUT2D eigenvalue weighted by atomic mass is 32.2. The van der Waals surface area contributed by atoms with E-state index in [1.165, 1.54) is 17.2 Å². The molecular formula is C68H87N11O12SSi. The largest absolute Gasteiger partial charge is 0.493 e. The molecule has 0 bridgehead atoms. The summed E-state index contributed by atoms with van der Waals surface area (Å²) in [6.07, 6.45) is 9.77. The molecule has 14 rings (SSSR count). The molecule has 3 aromatic carbocycles. The van der Waals surface area contributed by atoms with E-state index in [-0.39, 0.29) is 59.7 Å². The average Bonchev–Trinajstić information content (AvgIpc) is 1.89. The number of carbonyl (C=O) groups excluding carboxylic acids is 1. The van der Waals surface area contributed by atoms with Crippen LogP contribution in [0.2, 0.25) is 25.7 Å². The van der Waals surface area contributed by atoms with Gasteiger partial charge in [-0.2, -0.15) is 4.98 Å². The zero-order valence-corrected chi connectivity index (χ0v) is 55.9. The van der Waals surface area contributed by atoms with Crippen molar-refractivity contribution >= 4 is 69.3 Å². The number of sulfonamides is 1. The number of carbonyl (C=O) groups is 1. The van der Waals surface area contributed by atoms with Gasteiger partial charge in [-0.05, 0) is 122 Å². The number of fused-ring (bicyclic) bond motifs is 4. The maximum Gasteiger partial charge on any atom is 0.297 e. The molecule has 93 heavy (non-hydrogen) atoms. The van der Waals surface area contributed by atoms with Crippen molar-refractivity contribution in [2.24, 2.45) is 11.3 Å². The number of piperazine rings is 1. The lowest BCUT2D eigenvalue weighted by atomic mass is 9.59. The number of benzene rings is 3. The van der Waals surface area contributed by atoms with Crippen LogP contribution in [0.3, 0.4) is 0 Å². The summed E-state index contributed by atoms with van der Waals surface area (Å²) in [4.78, 5) is 49.0. The number of pyridine rings is 2. The van der Waals surface area contributed by atoms with E-state index in [0.717, 1.165) is 131 Å². The first-order chi connectivity index (χ1) is 45.0. The molecule has 1 amide bonds. The molecule has 0 radical (unpaired) electrons. The van der Waals surface area contributed by atoms with E-state index in [1.54, 1.807) is 13.2 Å². The van der Waals surface area contributed by atoms with Crippen LogP contribution < -0.4 is 38.9 Å². The van der Waals surface area contributed by atoms with Crippen LogP contribution in [0.5, 0.6) is 17.4 Å². The minimum absolute atomic E-state index is 0.0230. The number of amides is 1. The Morgan fingerprint density at radius 1 is 0.882 bits per heavy atom. The standard InChI is InChI=1S/C68H87N11O12SSi/c1-45-8-6-7-9-52(45)59-41-73(40-46-32-61(85-2)65(69-39-46)75-23-28-87-29-24-75)21-22-77(59)50-37-68(38-50)16-19-74(20-17-68)49-10-11-53(66(80)72-92(83,84)51-35-57(79(81)82)63-60(36-51)90-42-54(70-63)47-13-25-86-26-14-47)56(34-49)78-55-15-27-88-43-62(55)91-67-58(78)33-48-12-18-76(64(48)71-67)44-89-30-31-93(3,4)5/h6-12,18,32-36,39,47,50,54-55,59,62,70H,13-17,19-31,37-38,40-44H2,1-5H3,(H,72,80)/t54-,55-,59-,62-/m0/s1. The van der Waals surface area contributed by atoms with E-state index in [9.17, 15) is 18.5 Å². The maximum atomic E-state index is 15.2. The zero-order chi connectivity index (χ0) is 64.2. The zero-order valence-electron chi connectivity index (χ0n) is 54.1. The summed E-state index contributed by atoms with van der Waals surface area (Å²) >= 11 is 0. The first kappa shape index (κ1) is 63.3. The number of hydrogen-bond donors (Lipinski definition) is 2. The molecule has 1 saturated carbocycles. The van der Waals surface area contributed by atoms with Gasteiger partial charge in [0.25, 0.3) is 21.6 Å². The number of piperidine rings is 1. The van der Waals surface area contributed by atoms with Gasteiger partial charge in [0, 0.05) is 135 Å². The first-order valence-corrected chi connectivity index (χ1v) is 38.4. The molecule has 0 unspecified atom stereocenters. The van der Waals surface area contributed by atoms with E-state index in [4.69, 9.17) is 43.1 Å². The fourth-order valence-corrected chi connectivity index (χ4v) is 17.2. The van der Waals surface area contributed by atoms with Crippen molar-refractivity contribution in [3.63, 3.8) is 0 Å². The molecule has 1 spiro atoms. The molecular weight excluding hydrogens is 1220 g/mol. The van der Waals surface area contributed by atoms with Crippen LogP contribution in [0.25, 0.3) is 11.0 Å². The van der Waals surface area contributed by atoms with Gasteiger partial charge in [-0.3, -0.25) is 24.7 Å². The number of nitrogens with one attached hydrogen (secondary N) is 2. The van der Waals surface area contributed by atoms with Crippen LogP contribution >= 0.6 is 0 Å². The van der Waals surface area contributed by atoms with Crippen LogP contribution in [0, 0.1) is 28.4 Å². The van der Waals surface area contributed by atoms with Crippen molar-refractivity contribution in [3.05, 3.63) is 118 Å². The van der Waals surface area contributed by atoms with Gasteiger partial charge in [0.2, 0.25) is 5.88 Å². The van der Waals surface area contributed by atoms with Crippen molar-refractivity contribution < 1.29 is 51.3 Å². The lowest BCUT2D eigenvalue weighted by Crippen LogP contribution is -2.59. The number of nitro groups is 1. The molecule has 8 aliphatic rings. The van der Waals surface area contributed by atoms with Crippen molar-refractivity contribution in [1.29, 1.82) is 0 Å². The monoisotopic (exact) mass is 1310 g/mol. The summed E-state index contributed by atoms with van der Waals surface area (Å²) in [5.74, 6) is 1.30. The van der Waals surface area contributed by atoms with Gasteiger partial charge in [0.1, 0.15) is 30.8 Å². The normalized spacial score (nSPS) is 23.0. The number of nitrogens with zero attached hydrogens (tertiary/aromatic N) is 9. The van der Waals surface area contributed by atoms with E-state index in [0.29, 0.717) is 81.7 Å². The van der Waals surface area contributed by atoms with Crippen molar-refractivity contribution in [1.82, 2.24) is 29.1 Å². The molecule has 5 saturated heterocycles. The maximum absolute atomic E-state index is 15.2. The number of ether oxygens (including phenoxy) is 7. The molecule has 7 aliphatic heterocycles. The summed E-state index contributed by atoms with van der Waals surface area (Å²) < 4.78 is 75.8. The highest BCUT2D eigenvalue weighted by molar-refractivity contribution is 7.90. The molecule has 2 N–H and O–H groups in total. The van der Waals surface area contributed by atoms with Gasteiger partial charge in [-0.15, -0.1) is 0 Å². The Labute approximate surface area is 545 Å². The molecule has 6 aromatic rings. The summed E-state index contributed by atoms with van der Waals surface area (Å²) in [6, 6.07) is 24.1. The second-order valence-electron chi connectivity index (χ2n) is 27.9. The number of aromatic nitrogens is 3. The fourth-order valence-electron chi connectivity index (χ4n) is 15.5. The van der Waals surface area contributed by atoms with E-state index in [2.05, 4.69) is 91.4 Å².